The first kappa shape index (κ1) is 25.2. The van der Waals surface area contributed by atoms with Crippen LogP contribution in [0.2, 0.25) is 0 Å². The van der Waals surface area contributed by atoms with Crippen LogP contribution < -0.4 is 5.32 Å². The van der Waals surface area contributed by atoms with Crippen molar-refractivity contribution < 1.29 is 22.8 Å². The summed E-state index contributed by atoms with van der Waals surface area (Å²) in [6, 6.07) is 16.3. The Bertz CT molecular complexity index is 1510. The van der Waals surface area contributed by atoms with Gasteiger partial charge in [-0.25, -0.2) is 4.98 Å². The van der Waals surface area contributed by atoms with Gasteiger partial charge in [-0.1, -0.05) is 36.4 Å². The summed E-state index contributed by atoms with van der Waals surface area (Å²) in [4.78, 5) is 30.8. The molecule has 1 N–H and O–H groups in total. The van der Waals surface area contributed by atoms with E-state index in [2.05, 4.69) is 27.5 Å². The second-order valence-electron chi connectivity index (χ2n) is 9.32. The molecule has 2 aromatic heterocycles. The second kappa shape index (κ2) is 9.77. The number of anilines is 1. The highest BCUT2D eigenvalue weighted by atomic mass is 19.4. The van der Waals surface area contributed by atoms with Crippen LogP contribution in [0.15, 0.2) is 73.1 Å². The number of amides is 2. The highest BCUT2D eigenvalue weighted by Gasteiger charge is 2.34. The van der Waals surface area contributed by atoms with Gasteiger partial charge in [-0.15, -0.1) is 0 Å². The van der Waals surface area contributed by atoms with E-state index < -0.39 is 17.8 Å². The van der Waals surface area contributed by atoms with Crippen LogP contribution in [0, 0.1) is 6.92 Å². The zero-order chi connectivity index (χ0) is 27.0. The third kappa shape index (κ3) is 5.15. The average Bonchev–Trinajstić information content (AvgIpc) is 3.30. The molecule has 0 unspecified atom stereocenters. The van der Waals surface area contributed by atoms with Crippen molar-refractivity contribution in [3.63, 3.8) is 0 Å². The minimum atomic E-state index is -4.66. The van der Waals surface area contributed by atoms with E-state index in [1.165, 1.54) is 6.07 Å². The lowest BCUT2D eigenvalue weighted by molar-refractivity contribution is -0.141. The summed E-state index contributed by atoms with van der Waals surface area (Å²) < 4.78 is 40.6. The topological polar surface area (TPSA) is 80.1 Å². The molecule has 7 nitrogen and oxygen atoms in total. The number of halogens is 3. The molecular weight excluding hydrogens is 495 g/mol. The molecule has 4 aromatic rings. The van der Waals surface area contributed by atoms with Crippen LogP contribution in [-0.2, 0) is 13.2 Å². The van der Waals surface area contributed by atoms with Crippen molar-refractivity contribution in [2.45, 2.75) is 19.0 Å². The Morgan fingerprint density at radius 2 is 1.74 bits per heavy atom. The fraction of sp³-hybridized carbons (Fsp3) is 0.214. The Balaban J connectivity index is 1.23. The molecule has 1 aliphatic rings. The summed E-state index contributed by atoms with van der Waals surface area (Å²) >= 11 is 0. The maximum absolute atomic E-state index is 13.1. The van der Waals surface area contributed by atoms with Crippen LogP contribution in [0.1, 0.15) is 43.6 Å². The number of carbonyl (C=O) groups is 2. The van der Waals surface area contributed by atoms with Gasteiger partial charge in [0.05, 0.1) is 6.20 Å². The summed E-state index contributed by atoms with van der Waals surface area (Å²) in [5.41, 5.74) is 3.13. The average molecular weight is 520 g/mol. The Morgan fingerprint density at radius 1 is 1.00 bits per heavy atom. The molecule has 0 radical (unpaired) electrons. The van der Waals surface area contributed by atoms with Crippen molar-refractivity contribution in [3.8, 4) is 11.1 Å². The van der Waals surface area contributed by atoms with Gasteiger partial charge in [0.25, 0.3) is 11.8 Å². The van der Waals surface area contributed by atoms with Gasteiger partial charge in [0.2, 0.25) is 0 Å². The molecular formula is C28H24F3N5O2. The van der Waals surface area contributed by atoms with Crippen LogP contribution in [0.5, 0.6) is 0 Å². The molecule has 3 heterocycles. The lowest BCUT2D eigenvalue weighted by Crippen LogP contribution is -2.48. The zero-order valence-corrected chi connectivity index (χ0v) is 20.7. The van der Waals surface area contributed by atoms with Gasteiger partial charge < -0.3 is 10.2 Å². The first-order valence-electron chi connectivity index (χ1n) is 11.9. The number of carbonyl (C=O) groups excluding carboxylic acids is 2. The van der Waals surface area contributed by atoms with Crippen LogP contribution in [0.3, 0.4) is 0 Å². The Hall–Kier alpha value is -4.47. The molecule has 0 spiro atoms. The van der Waals surface area contributed by atoms with Crippen molar-refractivity contribution in [3.05, 3.63) is 101 Å². The molecule has 38 heavy (non-hydrogen) atoms. The predicted molar refractivity (Wildman–Crippen MR) is 136 cm³/mol. The number of hydrogen-bond donors (Lipinski definition) is 1. The maximum Gasteiger partial charge on any atom is 0.433 e. The van der Waals surface area contributed by atoms with Gasteiger partial charge in [-0.05, 0) is 47.9 Å². The van der Waals surface area contributed by atoms with Gasteiger partial charge in [-0.3, -0.25) is 14.3 Å². The number of pyridine rings is 1. The van der Waals surface area contributed by atoms with Crippen LogP contribution in [-0.4, -0.2) is 44.6 Å². The highest BCUT2D eigenvalue weighted by molar-refractivity contribution is 6.04. The summed E-state index contributed by atoms with van der Waals surface area (Å²) in [5.74, 6) is -0.748. The monoisotopic (exact) mass is 519 g/mol. The van der Waals surface area contributed by atoms with E-state index >= 15 is 0 Å². The number of benzene rings is 2. The molecule has 5 rings (SSSR count). The molecule has 0 atom stereocenters. The number of rotatable bonds is 5. The third-order valence-electron chi connectivity index (χ3n) is 6.59. The maximum atomic E-state index is 13.1. The molecule has 2 aromatic carbocycles. The lowest BCUT2D eigenvalue weighted by Gasteiger charge is -2.39. The lowest BCUT2D eigenvalue weighted by atomic mass is 9.90. The van der Waals surface area contributed by atoms with E-state index in [-0.39, 0.29) is 17.5 Å². The smallest absolute Gasteiger partial charge is 0.337 e. The highest BCUT2D eigenvalue weighted by Crippen LogP contribution is 2.31. The summed E-state index contributed by atoms with van der Waals surface area (Å²) in [7, 11) is 1.87. The fourth-order valence-electron chi connectivity index (χ4n) is 4.35. The largest absolute Gasteiger partial charge is 0.433 e. The SMILES string of the molecule is Cc1ccc(C(=O)N2CC(c3ccc(-c4cnn(C)c4)cc3)C2)cc1NC(=O)c1cccc(C(F)(F)F)n1. The van der Waals surface area contributed by atoms with E-state index in [4.69, 9.17) is 0 Å². The number of likely N-dealkylation sites (tertiary alicyclic amines) is 1. The molecule has 1 fully saturated rings. The molecule has 0 aliphatic carbocycles. The number of nitrogens with one attached hydrogen (secondary N) is 1. The van der Waals surface area contributed by atoms with Crippen LogP contribution in [0.4, 0.5) is 18.9 Å². The van der Waals surface area contributed by atoms with Crippen molar-refractivity contribution in [2.75, 3.05) is 18.4 Å². The van der Waals surface area contributed by atoms with E-state index in [9.17, 15) is 22.8 Å². The van der Waals surface area contributed by atoms with Gasteiger partial charge in [-0.2, -0.15) is 18.3 Å². The predicted octanol–water partition coefficient (Wildman–Crippen LogP) is 5.30. The number of aryl methyl sites for hydroxylation is 2. The van der Waals surface area contributed by atoms with Crippen molar-refractivity contribution in [1.29, 1.82) is 0 Å². The Labute approximate surface area is 216 Å². The molecule has 0 bridgehead atoms. The second-order valence-corrected chi connectivity index (χ2v) is 9.32. The van der Waals surface area contributed by atoms with Crippen LogP contribution >= 0.6 is 0 Å². The van der Waals surface area contributed by atoms with Gasteiger partial charge >= 0.3 is 6.18 Å². The normalized spacial score (nSPS) is 13.8. The third-order valence-corrected chi connectivity index (χ3v) is 6.59. The van der Waals surface area contributed by atoms with Crippen molar-refractivity contribution in [1.82, 2.24) is 19.7 Å². The van der Waals surface area contributed by atoms with Gasteiger partial charge in [0.1, 0.15) is 11.4 Å². The van der Waals surface area contributed by atoms with Gasteiger partial charge in [0, 0.05) is 49.1 Å². The minimum absolute atomic E-state index is 0.180. The molecule has 1 aliphatic heterocycles. The molecule has 0 saturated carbocycles. The minimum Gasteiger partial charge on any atom is -0.337 e. The fourth-order valence-corrected chi connectivity index (χ4v) is 4.35. The van der Waals surface area contributed by atoms with Crippen molar-refractivity contribution in [2.24, 2.45) is 7.05 Å². The van der Waals surface area contributed by atoms with Gasteiger partial charge in [0.15, 0.2) is 0 Å². The molecule has 194 valence electrons. The first-order valence-corrected chi connectivity index (χ1v) is 11.9. The first-order chi connectivity index (χ1) is 18.1. The summed E-state index contributed by atoms with van der Waals surface area (Å²) in [6.07, 6.45) is -0.894. The standard InChI is InChI=1S/C28H24F3N5O2/c1-17-6-7-20(12-24(17)34-26(37)23-4-3-5-25(33-23)28(29,30)31)27(38)36-15-22(16-36)19-10-8-18(9-11-19)21-13-32-35(2)14-21/h3-14,22H,15-16H2,1-2H3,(H,34,37). The van der Waals surface area contributed by atoms with Crippen molar-refractivity contribution >= 4 is 17.5 Å². The number of alkyl halides is 3. The summed E-state index contributed by atoms with van der Waals surface area (Å²) in [5, 5.41) is 6.78. The Kier molecular flexibility index (Phi) is 6.48. The van der Waals surface area contributed by atoms with E-state index in [0.29, 0.717) is 29.9 Å². The van der Waals surface area contributed by atoms with Crippen LogP contribution in [0.25, 0.3) is 11.1 Å². The Morgan fingerprint density at radius 3 is 2.39 bits per heavy atom. The van der Waals surface area contributed by atoms with E-state index in [1.807, 2.05) is 31.6 Å². The molecule has 2 amide bonds. The van der Waals surface area contributed by atoms with E-state index in [0.717, 1.165) is 28.8 Å². The zero-order valence-electron chi connectivity index (χ0n) is 20.7. The number of nitrogens with zero attached hydrogens (tertiary/aromatic N) is 4. The number of aromatic nitrogens is 3. The molecule has 1 saturated heterocycles. The summed E-state index contributed by atoms with van der Waals surface area (Å²) in [6.45, 7) is 2.86. The quantitative estimate of drug-likeness (QED) is 0.388. The molecule has 10 heteroatoms. The number of hydrogen-bond acceptors (Lipinski definition) is 4. The van der Waals surface area contributed by atoms with E-state index in [1.54, 1.807) is 34.7 Å².